The second-order valence-electron chi connectivity index (χ2n) is 1.96. The number of fused-ring (bicyclic) bond motifs is 1. The van der Waals surface area contributed by atoms with Crippen molar-refractivity contribution in [3.8, 4) is 0 Å². The van der Waals surface area contributed by atoms with Crippen molar-refractivity contribution >= 4 is 9.28 Å². The van der Waals surface area contributed by atoms with Crippen molar-refractivity contribution < 1.29 is 8.85 Å². The Morgan fingerprint density at radius 3 is 2.71 bits per heavy atom. The van der Waals surface area contributed by atoms with Crippen molar-refractivity contribution in [2.75, 3.05) is 13.2 Å². The molecule has 0 spiro atoms. The molecule has 7 heavy (non-hydrogen) atoms. The lowest BCUT2D eigenvalue weighted by molar-refractivity contribution is 0.180. The topological polar surface area (TPSA) is 18.5 Å². The summed E-state index contributed by atoms with van der Waals surface area (Å²) in [5, 5.41) is 0. The van der Waals surface area contributed by atoms with Crippen LogP contribution in [0.15, 0.2) is 0 Å². The van der Waals surface area contributed by atoms with Gasteiger partial charge in [0.05, 0.1) is 0 Å². The van der Waals surface area contributed by atoms with E-state index in [9.17, 15) is 0 Å². The van der Waals surface area contributed by atoms with Gasteiger partial charge in [0, 0.05) is 18.8 Å². The highest BCUT2D eigenvalue weighted by molar-refractivity contribution is 6.49. The van der Waals surface area contributed by atoms with E-state index in [2.05, 4.69) is 0 Å². The van der Waals surface area contributed by atoms with E-state index in [1.165, 1.54) is 6.42 Å². The van der Waals surface area contributed by atoms with Gasteiger partial charge in [-0.1, -0.05) is 0 Å². The molecule has 39 valence electrons. The van der Waals surface area contributed by atoms with Crippen molar-refractivity contribution in [3.05, 3.63) is 0 Å². The molecule has 2 saturated heterocycles. The van der Waals surface area contributed by atoms with Gasteiger partial charge in [-0.25, -0.2) is 0 Å². The maximum Gasteiger partial charge on any atom is 0.390 e. The van der Waals surface area contributed by atoms with E-state index >= 15 is 0 Å². The minimum atomic E-state index is -0.654. The van der Waals surface area contributed by atoms with Gasteiger partial charge in [0.25, 0.3) is 0 Å². The minimum Gasteiger partial charge on any atom is -0.393 e. The van der Waals surface area contributed by atoms with Crippen LogP contribution in [0.3, 0.4) is 0 Å². The maximum atomic E-state index is 5.23. The van der Waals surface area contributed by atoms with Gasteiger partial charge in [-0.05, 0) is 6.42 Å². The van der Waals surface area contributed by atoms with E-state index < -0.39 is 9.28 Å². The van der Waals surface area contributed by atoms with Crippen molar-refractivity contribution in [2.45, 2.75) is 12.0 Å². The predicted molar refractivity (Wildman–Crippen MR) is 26.0 cm³/mol. The highest BCUT2D eigenvalue weighted by Crippen LogP contribution is 2.32. The SMILES string of the molecule is C1CC2CO[Si]2O1. The minimum absolute atomic E-state index is 0.654. The van der Waals surface area contributed by atoms with Gasteiger partial charge >= 0.3 is 9.28 Å². The molecule has 2 rings (SSSR count). The Morgan fingerprint density at radius 1 is 1.43 bits per heavy atom. The first kappa shape index (κ1) is 4.06. The largest absolute Gasteiger partial charge is 0.393 e. The van der Waals surface area contributed by atoms with E-state index in [0.717, 1.165) is 18.8 Å². The Morgan fingerprint density at radius 2 is 2.43 bits per heavy atom. The molecule has 0 bridgehead atoms. The van der Waals surface area contributed by atoms with Gasteiger partial charge in [0.2, 0.25) is 0 Å². The lowest BCUT2D eigenvalue weighted by Gasteiger charge is -2.24. The lowest BCUT2D eigenvalue weighted by atomic mass is 10.3. The zero-order chi connectivity index (χ0) is 4.69. The smallest absolute Gasteiger partial charge is 0.390 e. The van der Waals surface area contributed by atoms with Crippen LogP contribution in [0.1, 0.15) is 6.42 Å². The van der Waals surface area contributed by atoms with E-state index in [-0.39, 0.29) is 0 Å². The van der Waals surface area contributed by atoms with E-state index in [4.69, 9.17) is 8.85 Å². The van der Waals surface area contributed by atoms with Gasteiger partial charge in [-0.3, -0.25) is 0 Å². The summed E-state index contributed by atoms with van der Waals surface area (Å²) in [6.07, 6.45) is 1.26. The monoisotopic (exact) mass is 115 g/mol. The molecule has 0 aliphatic carbocycles. The fourth-order valence-corrected chi connectivity index (χ4v) is 2.46. The first-order valence-electron chi connectivity index (χ1n) is 2.59. The number of hydrogen-bond acceptors (Lipinski definition) is 2. The second-order valence-corrected chi connectivity index (χ2v) is 4.00. The molecule has 2 aliphatic heterocycles. The van der Waals surface area contributed by atoms with Crippen LogP contribution in [0.5, 0.6) is 0 Å². The highest BCUT2D eigenvalue weighted by Gasteiger charge is 2.42. The fraction of sp³-hybridized carbons (Fsp3) is 1.00. The van der Waals surface area contributed by atoms with Crippen molar-refractivity contribution in [3.63, 3.8) is 0 Å². The zero-order valence-electron chi connectivity index (χ0n) is 4.02. The van der Waals surface area contributed by atoms with Crippen molar-refractivity contribution in [1.82, 2.24) is 0 Å². The van der Waals surface area contributed by atoms with Crippen LogP contribution in [-0.4, -0.2) is 22.5 Å². The molecule has 2 aliphatic rings. The summed E-state index contributed by atoms with van der Waals surface area (Å²) in [6, 6.07) is 0. The van der Waals surface area contributed by atoms with Gasteiger partial charge in [0.1, 0.15) is 0 Å². The van der Waals surface area contributed by atoms with E-state index in [1.807, 2.05) is 0 Å². The molecule has 2 nitrogen and oxygen atoms in total. The molecule has 0 aromatic heterocycles. The molecule has 1 unspecified atom stereocenters. The summed E-state index contributed by atoms with van der Waals surface area (Å²) >= 11 is 0. The Kier molecular flexibility index (Phi) is 0.757. The first-order valence-corrected chi connectivity index (χ1v) is 3.98. The van der Waals surface area contributed by atoms with Gasteiger partial charge < -0.3 is 8.85 Å². The summed E-state index contributed by atoms with van der Waals surface area (Å²) in [6.45, 7) is 1.94. The molecule has 2 heterocycles. The molecule has 1 atom stereocenters. The van der Waals surface area contributed by atoms with Gasteiger partial charge in [-0.2, -0.15) is 0 Å². The van der Waals surface area contributed by atoms with Crippen LogP contribution >= 0.6 is 0 Å². The maximum absolute atomic E-state index is 5.23. The third kappa shape index (κ3) is 0.458. The number of hydrogen-bond donors (Lipinski definition) is 0. The van der Waals surface area contributed by atoms with Gasteiger partial charge in [-0.15, -0.1) is 0 Å². The molecule has 2 fully saturated rings. The normalized spacial score (nSPS) is 40.3. The first-order chi connectivity index (χ1) is 3.47. The molecule has 0 amide bonds. The Labute approximate surface area is 44.3 Å². The van der Waals surface area contributed by atoms with Crippen LogP contribution < -0.4 is 0 Å². The lowest BCUT2D eigenvalue weighted by Crippen LogP contribution is -2.36. The summed E-state index contributed by atoms with van der Waals surface area (Å²) < 4.78 is 10.4. The summed E-state index contributed by atoms with van der Waals surface area (Å²) in [5.41, 5.74) is 0.852. The molecular weight excluding hydrogens is 108 g/mol. The summed E-state index contributed by atoms with van der Waals surface area (Å²) in [5.74, 6) is 0. The Balaban J connectivity index is 2.03. The summed E-state index contributed by atoms with van der Waals surface area (Å²) in [4.78, 5) is 0. The predicted octanol–water partition coefficient (Wildman–Crippen LogP) is 0.295. The zero-order valence-corrected chi connectivity index (χ0v) is 5.02. The third-order valence-electron chi connectivity index (χ3n) is 1.47. The fourth-order valence-electron chi connectivity index (χ4n) is 0.932. The highest BCUT2D eigenvalue weighted by atomic mass is 28.3. The summed E-state index contributed by atoms with van der Waals surface area (Å²) in [7, 11) is -0.654. The van der Waals surface area contributed by atoms with Crippen LogP contribution in [-0.2, 0) is 8.85 Å². The van der Waals surface area contributed by atoms with Crippen LogP contribution in [0.4, 0.5) is 0 Å². The van der Waals surface area contributed by atoms with Crippen molar-refractivity contribution in [1.29, 1.82) is 0 Å². The molecule has 1 radical (unpaired) electrons. The van der Waals surface area contributed by atoms with Crippen LogP contribution in [0.2, 0.25) is 5.54 Å². The van der Waals surface area contributed by atoms with E-state index in [0.29, 0.717) is 0 Å². The molecule has 0 N–H and O–H groups in total. The van der Waals surface area contributed by atoms with Gasteiger partial charge in [0.15, 0.2) is 0 Å². The third-order valence-corrected chi connectivity index (χ3v) is 3.53. The Hall–Kier alpha value is 0.137. The standard InChI is InChI=1S/C4H7O2Si/c1-2-5-7-4(1)3-6-7/h4H,1-3H2. The van der Waals surface area contributed by atoms with Crippen LogP contribution in [0.25, 0.3) is 0 Å². The number of rotatable bonds is 0. The Bertz CT molecular complexity index is 75.8. The molecule has 3 heteroatoms. The van der Waals surface area contributed by atoms with E-state index in [1.54, 1.807) is 0 Å². The second kappa shape index (κ2) is 1.31. The van der Waals surface area contributed by atoms with Crippen LogP contribution in [0, 0.1) is 0 Å². The molecule has 0 aromatic rings. The average molecular weight is 115 g/mol. The molecular formula is C4H7O2Si. The quantitative estimate of drug-likeness (QED) is 0.423. The van der Waals surface area contributed by atoms with Crippen molar-refractivity contribution in [2.24, 2.45) is 0 Å². The average Bonchev–Trinajstić information content (AvgIpc) is 1.85. The molecule has 0 saturated carbocycles. The molecule has 0 aromatic carbocycles.